The molecule has 0 aliphatic heterocycles. The Morgan fingerprint density at radius 1 is 0.311 bits per heavy atom. The van der Waals surface area contributed by atoms with Crippen molar-refractivity contribution in [3.63, 3.8) is 0 Å². The van der Waals surface area contributed by atoms with Crippen LogP contribution in [0.1, 0.15) is 0 Å². The average molecular weight is 778 g/mol. The van der Waals surface area contributed by atoms with Gasteiger partial charge in [-0.15, -0.1) is 0 Å². The summed E-state index contributed by atoms with van der Waals surface area (Å²) < 4.78 is 6.69. The van der Waals surface area contributed by atoms with Crippen LogP contribution in [-0.4, -0.2) is 15.0 Å². The fraction of sp³-hybridized carbons (Fsp3) is 0. The molecule has 3 heterocycles. The van der Waals surface area contributed by atoms with E-state index in [1.54, 1.807) is 0 Å². The highest BCUT2D eigenvalue weighted by atomic mass is 16.3. The number of hydrogen-bond donors (Lipinski definition) is 0. The molecule has 0 saturated carbocycles. The standard InChI is InChI=1S/C57H35N3O/c1-4-17-36(18-5-1)49-35-50(37-19-6-2-7-20-37)60-57(59-49)44-32-31-41(42-25-10-11-26-43(42)44)39-23-16-24-40(33-39)53-54-45-27-12-14-29-48(45)58-56(38-21-8-3-9-22-38)47(54)34-52-55(53)46-28-13-15-30-51(46)61-52/h1-35H. The molecule has 4 heteroatoms. The first-order valence-electron chi connectivity index (χ1n) is 20.6. The topological polar surface area (TPSA) is 51.8 Å². The molecule has 0 saturated heterocycles. The number of hydrogen-bond acceptors (Lipinski definition) is 4. The third-order valence-electron chi connectivity index (χ3n) is 11.9. The van der Waals surface area contributed by atoms with Crippen molar-refractivity contribution in [3.05, 3.63) is 212 Å². The Balaban J connectivity index is 1.09. The van der Waals surface area contributed by atoms with Gasteiger partial charge in [-0.25, -0.2) is 15.0 Å². The number of para-hydroxylation sites is 2. The smallest absolute Gasteiger partial charge is 0.161 e. The molecule has 0 unspecified atom stereocenters. The van der Waals surface area contributed by atoms with Crippen molar-refractivity contribution < 1.29 is 4.42 Å². The van der Waals surface area contributed by atoms with E-state index < -0.39 is 0 Å². The van der Waals surface area contributed by atoms with E-state index in [-0.39, 0.29) is 0 Å². The molecule has 0 N–H and O–H groups in total. The molecule has 0 aliphatic rings. The van der Waals surface area contributed by atoms with Crippen LogP contribution in [0, 0.1) is 0 Å². The summed E-state index contributed by atoms with van der Waals surface area (Å²) in [5, 5.41) is 7.72. The van der Waals surface area contributed by atoms with E-state index in [9.17, 15) is 0 Å². The molecule has 284 valence electrons. The number of aromatic nitrogens is 3. The van der Waals surface area contributed by atoms with Gasteiger partial charge < -0.3 is 4.42 Å². The molecule has 0 bridgehead atoms. The summed E-state index contributed by atoms with van der Waals surface area (Å²) in [6.45, 7) is 0. The Kier molecular flexibility index (Phi) is 8.13. The Morgan fingerprint density at radius 2 is 0.852 bits per heavy atom. The summed E-state index contributed by atoms with van der Waals surface area (Å²) in [6.07, 6.45) is 0. The van der Waals surface area contributed by atoms with Crippen molar-refractivity contribution in [2.75, 3.05) is 0 Å². The molecule has 0 fully saturated rings. The summed E-state index contributed by atoms with van der Waals surface area (Å²) in [6, 6.07) is 74.4. The quantitative estimate of drug-likeness (QED) is 0.158. The van der Waals surface area contributed by atoms with Crippen LogP contribution in [0.25, 0.3) is 122 Å². The number of nitrogens with zero attached hydrogens (tertiary/aromatic N) is 3. The lowest BCUT2D eigenvalue weighted by Gasteiger charge is -2.17. The van der Waals surface area contributed by atoms with Crippen LogP contribution >= 0.6 is 0 Å². The molecular weight excluding hydrogens is 743 g/mol. The second kappa shape index (κ2) is 14.3. The Morgan fingerprint density at radius 3 is 1.56 bits per heavy atom. The van der Waals surface area contributed by atoms with E-state index in [4.69, 9.17) is 19.4 Å². The third-order valence-corrected chi connectivity index (χ3v) is 11.9. The van der Waals surface area contributed by atoms with Gasteiger partial charge in [0.15, 0.2) is 5.82 Å². The van der Waals surface area contributed by atoms with Crippen molar-refractivity contribution in [2.24, 2.45) is 0 Å². The van der Waals surface area contributed by atoms with E-state index in [0.29, 0.717) is 5.82 Å². The van der Waals surface area contributed by atoms with Gasteiger partial charge in [-0.2, -0.15) is 0 Å². The Bertz CT molecular complexity index is 3580. The summed E-state index contributed by atoms with van der Waals surface area (Å²) in [5.74, 6) is 0.691. The number of furan rings is 1. The van der Waals surface area contributed by atoms with Crippen LogP contribution in [0.15, 0.2) is 217 Å². The predicted octanol–water partition coefficient (Wildman–Crippen LogP) is 15.2. The molecule has 0 amide bonds. The summed E-state index contributed by atoms with van der Waals surface area (Å²) in [7, 11) is 0. The minimum absolute atomic E-state index is 0.691. The van der Waals surface area contributed by atoms with Crippen LogP contribution in [-0.2, 0) is 0 Å². The normalized spacial score (nSPS) is 11.6. The molecule has 0 spiro atoms. The minimum atomic E-state index is 0.691. The number of benzene rings is 9. The lowest BCUT2D eigenvalue weighted by atomic mass is 9.88. The zero-order chi connectivity index (χ0) is 40.3. The first kappa shape index (κ1) is 34.8. The highest BCUT2D eigenvalue weighted by Gasteiger charge is 2.22. The zero-order valence-electron chi connectivity index (χ0n) is 33.0. The first-order chi connectivity index (χ1) is 30.2. The van der Waals surface area contributed by atoms with Gasteiger partial charge in [0.1, 0.15) is 11.2 Å². The largest absolute Gasteiger partial charge is 0.456 e. The summed E-state index contributed by atoms with van der Waals surface area (Å²) >= 11 is 0. The highest BCUT2D eigenvalue weighted by Crippen LogP contribution is 2.47. The van der Waals surface area contributed by atoms with Gasteiger partial charge in [-0.3, -0.25) is 0 Å². The molecule has 12 aromatic rings. The number of rotatable bonds is 6. The molecule has 3 aromatic heterocycles. The lowest BCUT2D eigenvalue weighted by Crippen LogP contribution is -1.97. The minimum Gasteiger partial charge on any atom is -0.456 e. The van der Waals surface area contributed by atoms with E-state index in [1.807, 2.05) is 24.3 Å². The van der Waals surface area contributed by atoms with Crippen LogP contribution in [0.5, 0.6) is 0 Å². The van der Waals surface area contributed by atoms with E-state index in [0.717, 1.165) is 116 Å². The lowest BCUT2D eigenvalue weighted by molar-refractivity contribution is 0.669. The van der Waals surface area contributed by atoms with Gasteiger partial charge in [0, 0.05) is 54.7 Å². The monoisotopic (exact) mass is 777 g/mol. The first-order valence-corrected chi connectivity index (χ1v) is 20.6. The second-order valence-electron chi connectivity index (χ2n) is 15.5. The molecule has 12 rings (SSSR count). The molecule has 0 radical (unpaired) electrons. The zero-order valence-corrected chi connectivity index (χ0v) is 33.0. The number of fused-ring (bicyclic) bond motifs is 7. The second-order valence-corrected chi connectivity index (χ2v) is 15.5. The maximum Gasteiger partial charge on any atom is 0.161 e. The maximum atomic E-state index is 6.69. The van der Waals surface area contributed by atoms with Gasteiger partial charge in [-0.1, -0.05) is 176 Å². The van der Waals surface area contributed by atoms with Crippen molar-refractivity contribution >= 4 is 54.4 Å². The van der Waals surface area contributed by atoms with Gasteiger partial charge >= 0.3 is 0 Å². The molecular formula is C57H35N3O. The van der Waals surface area contributed by atoms with Crippen molar-refractivity contribution in [1.82, 2.24) is 15.0 Å². The maximum absolute atomic E-state index is 6.69. The van der Waals surface area contributed by atoms with E-state index in [2.05, 4.69) is 188 Å². The Labute approximate surface area is 352 Å². The number of pyridine rings is 1. The van der Waals surface area contributed by atoms with Crippen molar-refractivity contribution in [2.45, 2.75) is 0 Å². The fourth-order valence-electron chi connectivity index (χ4n) is 9.09. The van der Waals surface area contributed by atoms with Crippen LogP contribution in [0.3, 0.4) is 0 Å². The van der Waals surface area contributed by atoms with E-state index in [1.165, 1.54) is 0 Å². The van der Waals surface area contributed by atoms with Crippen LogP contribution in [0.4, 0.5) is 0 Å². The van der Waals surface area contributed by atoms with Crippen LogP contribution < -0.4 is 0 Å². The van der Waals surface area contributed by atoms with Crippen LogP contribution in [0.2, 0.25) is 0 Å². The molecule has 4 nitrogen and oxygen atoms in total. The van der Waals surface area contributed by atoms with Gasteiger partial charge in [0.25, 0.3) is 0 Å². The molecule has 0 aliphatic carbocycles. The molecule has 9 aromatic carbocycles. The highest BCUT2D eigenvalue weighted by molar-refractivity contribution is 6.28. The molecule has 61 heavy (non-hydrogen) atoms. The van der Waals surface area contributed by atoms with Gasteiger partial charge in [-0.05, 0) is 63.9 Å². The predicted molar refractivity (Wildman–Crippen MR) is 252 cm³/mol. The third kappa shape index (κ3) is 5.88. The Hall–Kier alpha value is -8.21. The van der Waals surface area contributed by atoms with Gasteiger partial charge in [0.2, 0.25) is 0 Å². The average Bonchev–Trinajstić information content (AvgIpc) is 3.71. The van der Waals surface area contributed by atoms with E-state index >= 15 is 0 Å². The molecule has 0 atom stereocenters. The summed E-state index contributed by atoms with van der Waals surface area (Å²) in [5.41, 5.74) is 14.0. The van der Waals surface area contributed by atoms with Crippen molar-refractivity contribution in [3.8, 4) is 67.4 Å². The fourth-order valence-corrected chi connectivity index (χ4v) is 9.09. The summed E-state index contributed by atoms with van der Waals surface area (Å²) in [4.78, 5) is 15.7. The van der Waals surface area contributed by atoms with Crippen molar-refractivity contribution in [1.29, 1.82) is 0 Å². The van der Waals surface area contributed by atoms with Gasteiger partial charge in [0.05, 0.1) is 22.6 Å². The SMILES string of the molecule is c1ccc(-c2cc(-c3ccccc3)nc(-c3ccc(-c4cccc(-c5c6c(cc7c(-c8ccccc8)nc8ccccc8c57)oc5ccccc56)c4)c4ccccc34)n2)cc1.